The molecule has 0 aliphatic carbocycles. The van der Waals surface area contributed by atoms with E-state index in [4.69, 9.17) is 14.7 Å². The predicted octanol–water partition coefficient (Wildman–Crippen LogP) is 3.35. The predicted molar refractivity (Wildman–Crippen MR) is 78.5 cm³/mol. The molecule has 0 fully saturated rings. The van der Waals surface area contributed by atoms with E-state index in [0.29, 0.717) is 29.2 Å². The summed E-state index contributed by atoms with van der Waals surface area (Å²) < 4.78 is 10.8. The molecule has 0 atom stereocenters. The van der Waals surface area contributed by atoms with Crippen LogP contribution in [0.3, 0.4) is 0 Å². The first-order valence-electron chi connectivity index (χ1n) is 6.45. The lowest BCUT2D eigenvalue weighted by Crippen LogP contribution is -1.99. The standard InChI is InChI=1S/C17H15NO3/c1-12(19)14-4-3-5-16(9-14)21-11-13-6-7-15(10-18)17(8-13)20-2/h3-9H,11H2,1-2H3. The molecular formula is C17H15NO3. The number of hydrogen-bond donors (Lipinski definition) is 0. The molecule has 0 saturated carbocycles. The van der Waals surface area contributed by atoms with Gasteiger partial charge in [-0.15, -0.1) is 0 Å². The molecule has 0 aromatic heterocycles. The van der Waals surface area contributed by atoms with Crippen molar-refractivity contribution in [2.45, 2.75) is 13.5 Å². The lowest BCUT2D eigenvalue weighted by molar-refractivity contribution is 0.101. The van der Waals surface area contributed by atoms with Gasteiger partial charge in [-0.3, -0.25) is 4.79 Å². The fraction of sp³-hybridized carbons (Fsp3) is 0.176. The van der Waals surface area contributed by atoms with Crippen molar-refractivity contribution in [3.63, 3.8) is 0 Å². The van der Waals surface area contributed by atoms with Crippen LogP contribution >= 0.6 is 0 Å². The fourth-order valence-electron chi connectivity index (χ4n) is 1.89. The molecule has 2 aromatic carbocycles. The molecule has 0 amide bonds. The van der Waals surface area contributed by atoms with Gasteiger partial charge in [-0.25, -0.2) is 0 Å². The highest BCUT2D eigenvalue weighted by molar-refractivity contribution is 5.94. The Labute approximate surface area is 123 Å². The summed E-state index contributed by atoms with van der Waals surface area (Å²) >= 11 is 0. The second-order valence-electron chi connectivity index (χ2n) is 4.52. The van der Waals surface area contributed by atoms with Crippen molar-refractivity contribution in [1.29, 1.82) is 5.26 Å². The van der Waals surface area contributed by atoms with Gasteiger partial charge in [0.2, 0.25) is 0 Å². The van der Waals surface area contributed by atoms with Crippen LogP contribution in [-0.2, 0) is 6.61 Å². The molecule has 0 unspecified atom stereocenters. The first-order valence-corrected chi connectivity index (χ1v) is 6.45. The van der Waals surface area contributed by atoms with Gasteiger partial charge in [0.05, 0.1) is 12.7 Å². The number of benzene rings is 2. The molecule has 4 heteroatoms. The van der Waals surface area contributed by atoms with Gasteiger partial charge >= 0.3 is 0 Å². The van der Waals surface area contributed by atoms with Crippen molar-refractivity contribution in [2.75, 3.05) is 7.11 Å². The van der Waals surface area contributed by atoms with Crippen LogP contribution < -0.4 is 9.47 Å². The highest BCUT2D eigenvalue weighted by atomic mass is 16.5. The minimum Gasteiger partial charge on any atom is -0.495 e. The molecule has 0 aliphatic rings. The number of nitrogens with zero attached hydrogens (tertiary/aromatic N) is 1. The highest BCUT2D eigenvalue weighted by Crippen LogP contribution is 2.21. The molecule has 0 heterocycles. The third kappa shape index (κ3) is 3.61. The molecule has 4 nitrogen and oxygen atoms in total. The summed E-state index contributed by atoms with van der Waals surface area (Å²) in [5.74, 6) is 1.16. The SMILES string of the molecule is COc1cc(COc2cccc(C(C)=O)c2)ccc1C#N. The normalized spacial score (nSPS) is 9.76. The molecular weight excluding hydrogens is 266 g/mol. The third-order valence-corrected chi connectivity index (χ3v) is 3.03. The van der Waals surface area contributed by atoms with E-state index in [1.54, 1.807) is 36.4 Å². The summed E-state index contributed by atoms with van der Waals surface area (Å²) in [7, 11) is 1.52. The van der Waals surface area contributed by atoms with E-state index in [1.165, 1.54) is 14.0 Å². The number of carbonyl (C=O) groups excluding carboxylic acids is 1. The van der Waals surface area contributed by atoms with Crippen LogP contribution in [0.1, 0.15) is 28.4 Å². The molecule has 2 aromatic rings. The van der Waals surface area contributed by atoms with Crippen LogP contribution in [0.2, 0.25) is 0 Å². The Balaban J connectivity index is 2.11. The average molecular weight is 281 g/mol. The Morgan fingerprint density at radius 2 is 2.05 bits per heavy atom. The van der Waals surface area contributed by atoms with E-state index in [0.717, 1.165) is 5.56 Å². The quantitative estimate of drug-likeness (QED) is 0.788. The number of methoxy groups -OCH3 is 1. The summed E-state index contributed by atoms with van der Waals surface area (Å²) in [5, 5.41) is 8.94. The molecule has 21 heavy (non-hydrogen) atoms. The Bertz CT molecular complexity index is 701. The zero-order valence-electron chi connectivity index (χ0n) is 11.9. The van der Waals surface area contributed by atoms with E-state index in [2.05, 4.69) is 6.07 Å². The van der Waals surface area contributed by atoms with Gasteiger partial charge in [0.25, 0.3) is 0 Å². The van der Waals surface area contributed by atoms with E-state index in [-0.39, 0.29) is 5.78 Å². The summed E-state index contributed by atoms with van der Waals surface area (Å²) in [5.41, 5.74) is 1.99. The van der Waals surface area contributed by atoms with Gasteiger partial charge < -0.3 is 9.47 Å². The van der Waals surface area contributed by atoms with Crippen LogP contribution in [0, 0.1) is 11.3 Å². The van der Waals surface area contributed by atoms with Crippen LogP contribution in [0.25, 0.3) is 0 Å². The van der Waals surface area contributed by atoms with E-state index < -0.39 is 0 Å². The maximum Gasteiger partial charge on any atom is 0.159 e. The maximum atomic E-state index is 11.3. The third-order valence-electron chi connectivity index (χ3n) is 3.03. The minimum absolute atomic E-state index is 0.000456. The zero-order valence-corrected chi connectivity index (χ0v) is 11.9. The summed E-state index contributed by atoms with van der Waals surface area (Å²) in [6, 6.07) is 14.4. The van der Waals surface area contributed by atoms with Gasteiger partial charge in [0.15, 0.2) is 5.78 Å². The number of ketones is 1. The molecule has 0 aliphatic heterocycles. The summed E-state index contributed by atoms with van der Waals surface area (Å²) in [6.07, 6.45) is 0. The smallest absolute Gasteiger partial charge is 0.159 e. The van der Waals surface area contributed by atoms with E-state index in [1.807, 2.05) is 6.07 Å². The first-order chi connectivity index (χ1) is 10.1. The fourth-order valence-corrected chi connectivity index (χ4v) is 1.89. The molecule has 2 rings (SSSR count). The highest BCUT2D eigenvalue weighted by Gasteiger charge is 2.05. The number of hydrogen-bond acceptors (Lipinski definition) is 4. The number of rotatable bonds is 5. The minimum atomic E-state index is 0.000456. The van der Waals surface area contributed by atoms with Crippen molar-refractivity contribution in [1.82, 2.24) is 0 Å². The lowest BCUT2D eigenvalue weighted by atomic mass is 10.1. The second kappa shape index (κ2) is 6.58. The lowest BCUT2D eigenvalue weighted by Gasteiger charge is -2.09. The summed E-state index contributed by atoms with van der Waals surface area (Å²) in [4.78, 5) is 11.3. The Hall–Kier alpha value is -2.80. The van der Waals surface area contributed by atoms with Crippen molar-refractivity contribution in [2.24, 2.45) is 0 Å². The number of Topliss-reactive ketones (excluding diaryl/α,β-unsaturated/α-hetero) is 1. The molecule has 0 N–H and O–H groups in total. The van der Waals surface area contributed by atoms with Crippen molar-refractivity contribution >= 4 is 5.78 Å². The van der Waals surface area contributed by atoms with Gasteiger partial charge in [-0.05, 0) is 36.8 Å². The molecule has 0 spiro atoms. The van der Waals surface area contributed by atoms with Crippen molar-refractivity contribution < 1.29 is 14.3 Å². The largest absolute Gasteiger partial charge is 0.495 e. The molecule has 106 valence electrons. The van der Waals surface area contributed by atoms with Gasteiger partial charge in [0.1, 0.15) is 24.2 Å². The first kappa shape index (κ1) is 14.6. The molecule has 0 radical (unpaired) electrons. The molecule has 0 bridgehead atoms. The number of nitriles is 1. The number of ether oxygens (including phenoxy) is 2. The Morgan fingerprint density at radius 3 is 2.71 bits per heavy atom. The Kier molecular flexibility index (Phi) is 4.57. The van der Waals surface area contributed by atoms with Crippen molar-refractivity contribution in [3.8, 4) is 17.6 Å². The average Bonchev–Trinajstić information content (AvgIpc) is 2.52. The van der Waals surface area contributed by atoms with Gasteiger partial charge in [-0.2, -0.15) is 5.26 Å². The molecule has 0 saturated heterocycles. The summed E-state index contributed by atoms with van der Waals surface area (Å²) in [6.45, 7) is 1.86. The zero-order chi connectivity index (χ0) is 15.2. The van der Waals surface area contributed by atoms with E-state index in [9.17, 15) is 4.79 Å². The van der Waals surface area contributed by atoms with Gasteiger partial charge in [0, 0.05) is 5.56 Å². The van der Waals surface area contributed by atoms with Crippen LogP contribution in [0.5, 0.6) is 11.5 Å². The number of carbonyl (C=O) groups is 1. The topological polar surface area (TPSA) is 59.3 Å². The maximum absolute atomic E-state index is 11.3. The van der Waals surface area contributed by atoms with Crippen LogP contribution in [-0.4, -0.2) is 12.9 Å². The van der Waals surface area contributed by atoms with Gasteiger partial charge in [-0.1, -0.05) is 18.2 Å². The Morgan fingerprint density at radius 1 is 1.24 bits per heavy atom. The van der Waals surface area contributed by atoms with Crippen LogP contribution in [0.4, 0.5) is 0 Å². The van der Waals surface area contributed by atoms with Crippen LogP contribution in [0.15, 0.2) is 42.5 Å². The van der Waals surface area contributed by atoms with Crippen molar-refractivity contribution in [3.05, 3.63) is 59.2 Å². The monoisotopic (exact) mass is 281 g/mol. The second-order valence-corrected chi connectivity index (χ2v) is 4.52. The van der Waals surface area contributed by atoms with E-state index >= 15 is 0 Å².